The molecule has 0 unspecified atom stereocenters. The van der Waals surface area contributed by atoms with Gasteiger partial charge in [-0.3, -0.25) is 0 Å². The topological polar surface area (TPSA) is 64.3 Å². The van der Waals surface area contributed by atoms with Crippen LogP contribution in [0.1, 0.15) is 11.1 Å². The zero-order valence-corrected chi connectivity index (χ0v) is 9.22. The highest BCUT2D eigenvalue weighted by Crippen LogP contribution is 2.23. The lowest BCUT2D eigenvalue weighted by Crippen LogP contribution is -2.03. The van der Waals surface area contributed by atoms with Gasteiger partial charge in [0.05, 0.1) is 0 Å². The van der Waals surface area contributed by atoms with Crippen molar-refractivity contribution in [3.05, 3.63) is 59.7 Å². The van der Waals surface area contributed by atoms with E-state index in [1.165, 1.54) is 12.1 Å². The van der Waals surface area contributed by atoms with Crippen LogP contribution in [-0.2, 0) is 6.42 Å². The van der Waals surface area contributed by atoms with Crippen molar-refractivity contribution < 1.29 is 10.2 Å². The van der Waals surface area contributed by atoms with Gasteiger partial charge in [0.2, 0.25) is 0 Å². The molecule has 0 saturated heterocycles. The van der Waals surface area contributed by atoms with Crippen molar-refractivity contribution in [2.24, 2.45) is 0 Å². The smallest absolute Gasteiger partial charge is 0.128 e. The van der Waals surface area contributed by atoms with Crippen molar-refractivity contribution >= 4 is 5.71 Å². The molecule has 86 valence electrons. The van der Waals surface area contributed by atoms with E-state index in [4.69, 9.17) is 5.41 Å². The third-order valence-electron chi connectivity index (χ3n) is 2.53. The minimum atomic E-state index is -0.0640. The Labute approximate surface area is 99.5 Å². The fourth-order valence-corrected chi connectivity index (χ4v) is 1.67. The van der Waals surface area contributed by atoms with Crippen LogP contribution < -0.4 is 0 Å². The molecule has 0 aliphatic carbocycles. The van der Waals surface area contributed by atoms with Crippen LogP contribution in [0, 0.1) is 5.41 Å². The molecule has 17 heavy (non-hydrogen) atoms. The van der Waals surface area contributed by atoms with Gasteiger partial charge in [-0.1, -0.05) is 30.3 Å². The first kappa shape index (κ1) is 11.2. The summed E-state index contributed by atoms with van der Waals surface area (Å²) in [5.74, 6) is -0.0651. The van der Waals surface area contributed by atoms with Crippen molar-refractivity contribution in [1.82, 2.24) is 0 Å². The largest absolute Gasteiger partial charge is 0.508 e. The Morgan fingerprint density at radius 2 is 1.71 bits per heavy atom. The van der Waals surface area contributed by atoms with Crippen LogP contribution in [0.4, 0.5) is 0 Å². The number of rotatable bonds is 3. The summed E-state index contributed by atoms with van der Waals surface area (Å²) >= 11 is 0. The Kier molecular flexibility index (Phi) is 3.10. The van der Waals surface area contributed by atoms with E-state index in [1.807, 2.05) is 30.3 Å². The van der Waals surface area contributed by atoms with Crippen LogP contribution in [0.3, 0.4) is 0 Å². The Bertz CT molecular complexity index is 535. The van der Waals surface area contributed by atoms with Crippen LogP contribution >= 0.6 is 0 Å². The monoisotopic (exact) mass is 227 g/mol. The van der Waals surface area contributed by atoms with Gasteiger partial charge >= 0.3 is 0 Å². The molecule has 2 rings (SSSR count). The lowest BCUT2D eigenvalue weighted by molar-refractivity contribution is 0.450. The van der Waals surface area contributed by atoms with E-state index in [-0.39, 0.29) is 11.5 Å². The summed E-state index contributed by atoms with van der Waals surface area (Å²) in [4.78, 5) is 0. The van der Waals surface area contributed by atoms with Crippen LogP contribution in [0.2, 0.25) is 0 Å². The van der Waals surface area contributed by atoms with Crippen LogP contribution in [-0.4, -0.2) is 15.9 Å². The van der Waals surface area contributed by atoms with Crippen molar-refractivity contribution in [3.8, 4) is 11.5 Å². The van der Waals surface area contributed by atoms with E-state index >= 15 is 0 Å². The maximum absolute atomic E-state index is 9.64. The fourth-order valence-electron chi connectivity index (χ4n) is 1.67. The van der Waals surface area contributed by atoms with E-state index in [0.717, 1.165) is 5.56 Å². The summed E-state index contributed by atoms with van der Waals surface area (Å²) in [5, 5.41) is 26.8. The maximum atomic E-state index is 9.64. The quantitative estimate of drug-likeness (QED) is 0.706. The van der Waals surface area contributed by atoms with Crippen molar-refractivity contribution in [2.75, 3.05) is 0 Å². The highest BCUT2D eigenvalue weighted by molar-refractivity contribution is 6.01. The van der Waals surface area contributed by atoms with Gasteiger partial charge in [-0.15, -0.1) is 0 Å². The summed E-state index contributed by atoms with van der Waals surface area (Å²) in [5.41, 5.74) is 1.80. The number of phenols is 2. The van der Waals surface area contributed by atoms with Gasteiger partial charge < -0.3 is 15.6 Å². The number of phenolic OH excluding ortho intramolecular Hbond substituents is 2. The number of benzene rings is 2. The standard InChI is InChI=1S/C14H13NO2/c15-13(8-10-4-2-1-3-5-10)12-7-6-11(16)9-14(12)17/h1-7,9,15-17H,8H2. The van der Waals surface area contributed by atoms with Crippen molar-refractivity contribution in [2.45, 2.75) is 6.42 Å². The minimum absolute atomic E-state index is 0.00115. The number of hydrogen-bond donors (Lipinski definition) is 3. The van der Waals surface area contributed by atoms with Gasteiger partial charge in [-0.2, -0.15) is 0 Å². The average molecular weight is 227 g/mol. The summed E-state index contributed by atoms with van der Waals surface area (Å²) < 4.78 is 0. The molecule has 0 saturated carbocycles. The number of nitrogens with one attached hydrogen (secondary N) is 1. The summed E-state index contributed by atoms with van der Waals surface area (Å²) in [6.07, 6.45) is 0.458. The van der Waals surface area contributed by atoms with E-state index in [9.17, 15) is 10.2 Å². The number of hydrogen-bond acceptors (Lipinski definition) is 3. The molecule has 0 spiro atoms. The molecule has 0 aromatic heterocycles. The zero-order chi connectivity index (χ0) is 12.3. The molecular formula is C14H13NO2. The molecule has 2 aromatic rings. The summed E-state index contributed by atoms with van der Waals surface area (Å²) in [6.45, 7) is 0. The van der Waals surface area contributed by atoms with E-state index in [0.29, 0.717) is 17.7 Å². The van der Waals surface area contributed by atoms with Crippen LogP contribution in [0.5, 0.6) is 11.5 Å². The molecule has 0 radical (unpaired) electrons. The zero-order valence-electron chi connectivity index (χ0n) is 9.22. The summed E-state index contributed by atoms with van der Waals surface area (Å²) in [6, 6.07) is 13.9. The Balaban J connectivity index is 2.21. The first-order valence-electron chi connectivity index (χ1n) is 5.30. The Morgan fingerprint density at radius 3 is 2.35 bits per heavy atom. The highest BCUT2D eigenvalue weighted by atomic mass is 16.3. The SMILES string of the molecule is N=C(Cc1ccccc1)c1ccc(O)cc1O. The molecule has 2 aromatic carbocycles. The van der Waals surface area contributed by atoms with Gasteiger partial charge in [0.25, 0.3) is 0 Å². The molecule has 0 bridgehead atoms. The second-order valence-electron chi connectivity index (χ2n) is 3.84. The second-order valence-corrected chi connectivity index (χ2v) is 3.84. The minimum Gasteiger partial charge on any atom is -0.508 e. The lowest BCUT2D eigenvalue weighted by atomic mass is 10.0. The molecule has 0 fully saturated rings. The third kappa shape index (κ3) is 2.64. The molecule has 3 N–H and O–H groups in total. The first-order chi connectivity index (χ1) is 8.16. The van der Waals surface area contributed by atoms with Gasteiger partial charge in [0.1, 0.15) is 11.5 Å². The Hall–Kier alpha value is -2.29. The predicted octanol–water partition coefficient (Wildman–Crippen LogP) is 2.71. The van der Waals surface area contributed by atoms with E-state index in [1.54, 1.807) is 6.07 Å². The maximum Gasteiger partial charge on any atom is 0.128 e. The lowest BCUT2D eigenvalue weighted by Gasteiger charge is -2.07. The van der Waals surface area contributed by atoms with Crippen LogP contribution in [0.15, 0.2) is 48.5 Å². The third-order valence-corrected chi connectivity index (χ3v) is 2.53. The molecule has 0 aliphatic heterocycles. The summed E-state index contributed by atoms with van der Waals surface area (Å²) in [7, 11) is 0. The highest BCUT2D eigenvalue weighted by Gasteiger charge is 2.08. The van der Waals surface area contributed by atoms with E-state index < -0.39 is 0 Å². The molecule has 0 aliphatic rings. The van der Waals surface area contributed by atoms with Gasteiger partial charge in [0, 0.05) is 23.8 Å². The predicted molar refractivity (Wildman–Crippen MR) is 66.7 cm³/mol. The second kappa shape index (κ2) is 4.70. The van der Waals surface area contributed by atoms with Crippen molar-refractivity contribution in [3.63, 3.8) is 0 Å². The molecule has 3 heteroatoms. The molecular weight excluding hydrogens is 214 g/mol. The molecule has 0 heterocycles. The first-order valence-corrected chi connectivity index (χ1v) is 5.30. The molecule has 0 atom stereocenters. The van der Waals surface area contributed by atoms with Gasteiger partial charge in [-0.05, 0) is 17.7 Å². The van der Waals surface area contributed by atoms with Crippen LogP contribution in [0.25, 0.3) is 0 Å². The van der Waals surface area contributed by atoms with Gasteiger partial charge in [0.15, 0.2) is 0 Å². The Morgan fingerprint density at radius 1 is 1.00 bits per heavy atom. The molecule has 0 amide bonds. The number of aromatic hydroxyl groups is 2. The fraction of sp³-hybridized carbons (Fsp3) is 0.0714. The average Bonchev–Trinajstić information content (AvgIpc) is 2.30. The molecule has 3 nitrogen and oxygen atoms in total. The van der Waals surface area contributed by atoms with Gasteiger partial charge in [-0.25, -0.2) is 0 Å². The normalized spacial score (nSPS) is 10.1. The van der Waals surface area contributed by atoms with E-state index in [2.05, 4.69) is 0 Å². The van der Waals surface area contributed by atoms with Crippen molar-refractivity contribution in [1.29, 1.82) is 5.41 Å².